The molecule has 9 nitrogen and oxygen atoms in total. The minimum atomic E-state index is -0.647. The summed E-state index contributed by atoms with van der Waals surface area (Å²) in [6.07, 6.45) is 2.50. The van der Waals surface area contributed by atoms with Crippen molar-refractivity contribution < 1.29 is 13.9 Å². The molecule has 1 aromatic carbocycles. The van der Waals surface area contributed by atoms with Crippen LogP contribution in [0.2, 0.25) is 0 Å². The minimum absolute atomic E-state index is 0.0184. The van der Waals surface area contributed by atoms with Crippen molar-refractivity contribution in [3.63, 3.8) is 0 Å². The summed E-state index contributed by atoms with van der Waals surface area (Å²) in [6.45, 7) is 4.36. The Hall–Kier alpha value is -4.14. The van der Waals surface area contributed by atoms with E-state index in [1.54, 1.807) is 55.6 Å². The number of aromatic amines is 1. The summed E-state index contributed by atoms with van der Waals surface area (Å²) in [6, 6.07) is 12.0. The zero-order chi connectivity index (χ0) is 22.7. The van der Waals surface area contributed by atoms with Crippen LogP contribution >= 0.6 is 0 Å². The van der Waals surface area contributed by atoms with Crippen LogP contribution in [-0.4, -0.2) is 27.0 Å². The van der Waals surface area contributed by atoms with Crippen molar-refractivity contribution in [1.82, 2.24) is 19.9 Å². The third-order valence-electron chi connectivity index (χ3n) is 4.87. The summed E-state index contributed by atoms with van der Waals surface area (Å²) in [5, 5.41) is 2.80. The van der Waals surface area contributed by atoms with Crippen LogP contribution in [0.3, 0.4) is 0 Å². The Kier molecular flexibility index (Phi) is 5.89. The molecule has 0 fully saturated rings. The van der Waals surface area contributed by atoms with Gasteiger partial charge < -0.3 is 14.5 Å². The second-order valence-corrected chi connectivity index (χ2v) is 7.18. The molecule has 3 aromatic heterocycles. The highest BCUT2D eigenvalue weighted by Crippen LogP contribution is 2.21. The van der Waals surface area contributed by atoms with Crippen LogP contribution in [0.15, 0.2) is 62.7 Å². The Morgan fingerprint density at radius 3 is 2.66 bits per heavy atom. The van der Waals surface area contributed by atoms with Crippen LogP contribution in [0, 0.1) is 6.92 Å². The zero-order valence-corrected chi connectivity index (χ0v) is 17.7. The van der Waals surface area contributed by atoms with Gasteiger partial charge in [0.1, 0.15) is 11.1 Å². The number of furan rings is 1. The molecule has 0 saturated heterocycles. The Balaban J connectivity index is 1.64. The lowest BCUT2D eigenvalue weighted by Gasteiger charge is -2.07. The van der Waals surface area contributed by atoms with Gasteiger partial charge in [-0.3, -0.25) is 14.6 Å². The second-order valence-electron chi connectivity index (χ2n) is 7.18. The van der Waals surface area contributed by atoms with Crippen LogP contribution in [0.1, 0.15) is 35.0 Å². The van der Waals surface area contributed by atoms with Gasteiger partial charge >= 0.3 is 5.69 Å². The maximum atomic E-state index is 13.2. The third kappa shape index (κ3) is 4.04. The van der Waals surface area contributed by atoms with E-state index in [4.69, 9.17) is 9.15 Å². The largest absolute Gasteiger partial charge is 0.478 e. The topological polar surface area (TPSA) is 119 Å². The van der Waals surface area contributed by atoms with Crippen LogP contribution in [0.25, 0.3) is 16.8 Å². The van der Waals surface area contributed by atoms with Crippen LogP contribution in [0.5, 0.6) is 5.88 Å². The summed E-state index contributed by atoms with van der Waals surface area (Å²) in [4.78, 5) is 45.4. The maximum absolute atomic E-state index is 13.2. The molecule has 0 saturated carbocycles. The highest BCUT2D eigenvalue weighted by molar-refractivity contribution is 6.06. The van der Waals surface area contributed by atoms with Gasteiger partial charge in [0.05, 0.1) is 17.9 Å². The number of nitrogens with zero attached hydrogens (tertiary/aromatic N) is 2. The molecular weight excluding hydrogens is 412 g/mol. The number of amides is 1. The van der Waals surface area contributed by atoms with Gasteiger partial charge in [-0.1, -0.05) is 31.2 Å². The molecule has 0 aliphatic rings. The predicted octanol–water partition coefficient (Wildman–Crippen LogP) is 2.69. The van der Waals surface area contributed by atoms with Gasteiger partial charge in [-0.15, -0.1) is 0 Å². The zero-order valence-electron chi connectivity index (χ0n) is 17.7. The van der Waals surface area contributed by atoms with E-state index in [1.165, 1.54) is 0 Å². The molecule has 3 heterocycles. The average Bonchev–Trinajstić information content (AvgIpc) is 3.13. The van der Waals surface area contributed by atoms with Gasteiger partial charge in [0.25, 0.3) is 11.5 Å². The second kappa shape index (κ2) is 8.93. The molecule has 0 aliphatic carbocycles. The number of nitrogens with one attached hydrogen (secondary N) is 2. The van der Waals surface area contributed by atoms with E-state index in [1.807, 2.05) is 6.92 Å². The highest BCUT2D eigenvalue weighted by atomic mass is 16.5. The first kappa shape index (κ1) is 21.1. The third-order valence-corrected chi connectivity index (χ3v) is 4.87. The van der Waals surface area contributed by atoms with Crippen molar-refractivity contribution >= 4 is 17.0 Å². The standard InChI is InChI=1S/C23H22N4O5/c1-3-11-31-17-10-9-15(12-24-17)13-25-20(28)18-14(2)32-21-19(18)22(29)27(23(30)26-21)16-7-5-4-6-8-16/h4-10,12H,3,11,13H2,1-2H3,(H,25,28)(H,26,30). The lowest BCUT2D eigenvalue weighted by molar-refractivity contribution is 0.0950. The number of fused-ring (bicyclic) bond motifs is 1. The summed E-state index contributed by atoms with van der Waals surface area (Å²) >= 11 is 0. The lowest BCUT2D eigenvalue weighted by atomic mass is 10.1. The lowest BCUT2D eigenvalue weighted by Crippen LogP contribution is -2.34. The molecule has 4 rings (SSSR count). The summed E-state index contributed by atoms with van der Waals surface area (Å²) in [5.41, 5.74) is -0.0670. The SMILES string of the molecule is CCCOc1ccc(CNC(=O)c2c(C)oc3[nH]c(=O)n(-c4ccccc4)c(=O)c23)cn1. The molecule has 1 amide bonds. The first-order valence-electron chi connectivity index (χ1n) is 10.2. The summed E-state index contributed by atoms with van der Waals surface area (Å²) in [7, 11) is 0. The van der Waals surface area contributed by atoms with Gasteiger partial charge in [0.15, 0.2) is 0 Å². The van der Waals surface area contributed by atoms with E-state index in [9.17, 15) is 14.4 Å². The van der Waals surface area contributed by atoms with E-state index < -0.39 is 17.2 Å². The molecule has 0 unspecified atom stereocenters. The molecule has 2 N–H and O–H groups in total. The number of hydrogen-bond donors (Lipinski definition) is 2. The van der Waals surface area contributed by atoms with Gasteiger partial charge in [-0.25, -0.2) is 14.3 Å². The molecule has 32 heavy (non-hydrogen) atoms. The highest BCUT2D eigenvalue weighted by Gasteiger charge is 2.24. The smallest absolute Gasteiger partial charge is 0.335 e. The van der Waals surface area contributed by atoms with Crippen molar-refractivity contribution in [3.8, 4) is 11.6 Å². The van der Waals surface area contributed by atoms with Crippen LogP contribution in [-0.2, 0) is 6.54 Å². The predicted molar refractivity (Wildman–Crippen MR) is 118 cm³/mol. The number of para-hydroxylation sites is 1. The Morgan fingerprint density at radius 2 is 1.97 bits per heavy atom. The Labute approximate surface area is 182 Å². The first-order chi connectivity index (χ1) is 15.5. The number of carbonyl (C=O) groups is 1. The van der Waals surface area contributed by atoms with E-state index in [-0.39, 0.29) is 29.0 Å². The number of carbonyl (C=O) groups excluding carboxylic acids is 1. The molecule has 0 radical (unpaired) electrons. The van der Waals surface area contributed by atoms with Gasteiger partial charge in [-0.2, -0.15) is 0 Å². The molecule has 0 aliphatic heterocycles. The number of rotatable bonds is 7. The quantitative estimate of drug-likeness (QED) is 0.462. The normalized spacial score (nSPS) is 10.9. The number of benzene rings is 1. The van der Waals surface area contributed by atoms with Gasteiger partial charge in [0.2, 0.25) is 11.6 Å². The number of hydrogen-bond acceptors (Lipinski definition) is 6. The average molecular weight is 434 g/mol. The van der Waals surface area contributed by atoms with E-state index >= 15 is 0 Å². The first-order valence-corrected chi connectivity index (χ1v) is 10.2. The Bertz CT molecular complexity index is 1370. The van der Waals surface area contributed by atoms with E-state index in [2.05, 4.69) is 15.3 Å². The number of aromatic nitrogens is 3. The fourth-order valence-electron chi connectivity index (χ4n) is 3.36. The number of ether oxygens (including phenoxy) is 1. The number of aryl methyl sites for hydroxylation is 1. The van der Waals surface area contributed by atoms with E-state index in [0.717, 1.165) is 16.6 Å². The van der Waals surface area contributed by atoms with Crippen molar-refractivity contribution in [1.29, 1.82) is 0 Å². The molecule has 0 spiro atoms. The maximum Gasteiger partial charge on any atom is 0.335 e. The van der Waals surface area contributed by atoms with Crippen LogP contribution in [0.4, 0.5) is 0 Å². The molecule has 0 atom stereocenters. The number of pyridine rings is 1. The van der Waals surface area contributed by atoms with Crippen LogP contribution < -0.4 is 21.3 Å². The van der Waals surface area contributed by atoms with Gasteiger partial charge in [-0.05, 0) is 31.0 Å². The monoisotopic (exact) mass is 434 g/mol. The Morgan fingerprint density at radius 1 is 1.19 bits per heavy atom. The molecular formula is C23H22N4O5. The number of H-pyrrole nitrogens is 1. The summed E-state index contributed by atoms with van der Waals surface area (Å²) < 4.78 is 12.0. The van der Waals surface area contributed by atoms with Crippen molar-refractivity contribution in [2.75, 3.05) is 6.61 Å². The fourth-order valence-corrected chi connectivity index (χ4v) is 3.36. The molecule has 4 aromatic rings. The van der Waals surface area contributed by atoms with Gasteiger partial charge in [0, 0.05) is 18.8 Å². The minimum Gasteiger partial charge on any atom is -0.478 e. The van der Waals surface area contributed by atoms with Crippen molar-refractivity contribution in [2.24, 2.45) is 0 Å². The summed E-state index contributed by atoms with van der Waals surface area (Å²) in [5.74, 6) is 0.262. The molecule has 0 bridgehead atoms. The molecule has 164 valence electrons. The van der Waals surface area contributed by atoms with Crippen molar-refractivity contribution in [2.45, 2.75) is 26.8 Å². The van der Waals surface area contributed by atoms with E-state index in [0.29, 0.717) is 18.2 Å². The fraction of sp³-hybridized carbons (Fsp3) is 0.217. The molecule has 9 heteroatoms. The van der Waals surface area contributed by atoms with Crippen molar-refractivity contribution in [3.05, 3.63) is 86.4 Å².